The lowest BCUT2D eigenvalue weighted by Crippen LogP contribution is -2.35. The van der Waals surface area contributed by atoms with Gasteiger partial charge in [0.25, 0.3) is 0 Å². The summed E-state index contributed by atoms with van der Waals surface area (Å²) < 4.78 is 0. The molecule has 1 amide bonds. The van der Waals surface area contributed by atoms with Crippen molar-refractivity contribution >= 4 is 5.91 Å². The van der Waals surface area contributed by atoms with Crippen molar-refractivity contribution in [2.75, 3.05) is 26.2 Å². The number of nitrogens with one attached hydrogen (secondary N) is 1. The Labute approximate surface area is 97.6 Å². The molecule has 0 aromatic rings. The third kappa shape index (κ3) is 1.86. The Balaban J connectivity index is 1.60. The molecule has 0 aromatic carbocycles. The Morgan fingerprint density at radius 1 is 1.00 bits per heavy atom. The molecule has 3 nitrogen and oxygen atoms in total. The number of rotatable bonds is 1. The zero-order valence-electron chi connectivity index (χ0n) is 9.95. The standard InChI is InChI=1S/C13H22N2O/c16-13(15-8-3-6-14-7-9-15)12-10-4-1-2-5-11(10)12/h10-12,14H,1-9H2. The largest absolute Gasteiger partial charge is 0.341 e. The average molecular weight is 222 g/mol. The Morgan fingerprint density at radius 3 is 2.50 bits per heavy atom. The van der Waals surface area contributed by atoms with E-state index in [-0.39, 0.29) is 0 Å². The smallest absolute Gasteiger partial charge is 0.226 e. The van der Waals surface area contributed by atoms with Crippen molar-refractivity contribution in [3.05, 3.63) is 0 Å². The van der Waals surface area contributed by atoms with Gasteiger partial charge >= 0.3 is 0 Å². The first-order chi connectivity index (χ1) is 7.88. The SMILES string of the molecule is O=C(C1C2CCCCC21)N1CCCNCC1. The summed E-state index contributed by atoms with van der Waals surface area (Å²) in [6, 6.07) is 0. The van der Waals surface area contributed by atoms with E-state index in [9.17, 15) is 4.79 Å². The molecule has 3 rings (SSSR count). The fraction of sp³-hybridized carbons (Fsp3) is 0.923. The number of hydrogen-bond donors (Lipinski definition) is 1. The number of carbonyl (C=O) groups excluding carboxylic acids is 1. The highest BCUT2D eigenvalue weighted by atomic mass is 16.2. The molecule has 2 unspecified atom stereocenters. The molecule has 0 aromatic heterocycles. The molecule has 3 fully saturated rings. The first-order valence-corrected chi connectivity index (χ1v) is 6.87. The van der Waals surface area contributed by atoms with E-state index in [4.69, 9.17) is 0 Å². The molecule has 3 heteroatoms. The maximum absolute atomic E-state index is 12.4. The van der Waals surface area contributed by atoms with E-state index < -0.39 is 0 Å². The monoisotopic (exact) mass is 222 g/mol. The third-order valence-electron chi connectivity index (χ3n) is 4.59. The van der Waals surface area contributed by atoms with Gasteiger partial charge in [0.15, 0.2) is 0 Å². The van der Waals surface area contributed by atoms with E-state index in [0.717, 1.165) is 44.4 Å². The Morgan fingerprint density at radius 2 is 1.75 bits per heavy atom. The van der Waals surface area contributed by atoms with Gasteiger partial charge in [-0.25, -0.2) is 0 Å². The molecule has 1 saturated heterocycles. The van der Waals surface area contributed by atoms with Crippen molar-refractivity contribution in [1.29, 1.82) is 0 Å². The zero-order chi connectivity index (χ0) is 11.0. The predicted octanol–water partition coefficient (Wildman–Crippen LogP) is 1.24. The Kier molecular flexibility index (Phi) is 2.88. The van der Waals surface area contributed by atoms with Gasteiger partial charge in [-0.3, -0.25) is 4.79 Å². The minimum Gasteiger partial charge on any atom is -0.341 e. The van der Waals surface area contributed by atoms with Gasteiger partial charge in [-0.15, -0.1) is 0 Å². The minimum absolute atomic E-state index is 0.417. The number of nitrogens with zero attached hydrogens (tertiary/aromatic N) is 1. The lowest BCUT2D eigenvalue weighted by Gasteiger charge is -2.20. The number of amides is 1. The van der Waals surface area contributed by atoms with Crippen molar-refractivity contribution in [3.63, 3.8) is 0 Å². The van der Waals surface area contributed by atoms with Gasteiger partial charge in [0.1, 0.15) is 0 Å². The van der Waals surface area contributed by atoms with Crippen LogP contribution in [0.1, 0.15) is 32.1 Å². The molecule has 0 spiro atoms. The van der Waals surface area contributed by atoms with E-state index in [1.54, 1.807) is 0 Å². The normalized spacial score (nSPS) is 38.8. The quantitative estimate of drug-likeness (QED) is 0.724. The van der Waals surface area contributed by atoms with Crippen LogP contribution in [0, 0.1) is 17.8 Å². The van der Waals surface area contributed by atoms with Crippen LogP contribution in [0.25, 0.3) is 0 Å². The second-order valence-electron chi connectivity index (χ2n) is 5.57. The highest BCUT2D eigenvalue weighted by Crippen LogP contribution is 2.56. The van der Waals surface area contributed by atoms with Crippen molar-refractivity contribution < 1.29 is 4.79 Å². The molecule has 1 heterocycles. The summed E-state index contributed by atoms with van der Waals surface area (Å²) in [5.74, 6) is 2.41. The predicted molar refractivity (Wildman–Crippen MR) is 63.0 cm³/mol. The van der Waals surface area contributed by atoms with E-state index in [0.29, 0.717) is 11.8 Å². The topological polar surface area (TPSA) is 32.3 Å². The van der Waals surface area contributed by atoms with Crippen LogP contribution in [0.5, 0.6) is 0 Å². The molecule has 16 heavy (non-hydrogen) atoms. The Bertz CT molecular complexity index is 255. The molecule has 90 valence electrons. The summed E-state index contributed by atoms with van der Waals surface area (Å²) in [5.41, 5.74) is 0. The van der Waals surface area contributed by atoms with Gasteiger partial charge < -0.3 is 10.2 Å². The summed E-state index contributed by atoms with van der Waals surface area (Å²) >= 11 is 0. The summed E-state index contributed by atoms with van der Waals surface area (Å²) in [6.07, 6.45) is 6.45. The van der Waals surface area contributed by atoms with E-state index in [1.165, 1.54) is 25.7 Å². The van der Waals surface area contributed by atoms with Crippen LogP contribution in [0.2, 0.25) is 0 Å². The van der Waals surface area contributed by atoms with E-state index >= 15 is 0 Å². The van der Waals surface area contributed by atoms with Crippen LogP contribution >= 0.6 is 0 Å². The lowest BCUT2D eigenvalue weighted by atomic mass is 10.0. The van der Waals surface area contributed by atoms with Crippen LogP contribution in [-0.2, 0) is 4.79 Å². The van der Waals surface area contributed by atoms with Crippen LogP contribution in [-0.4, -0.2) is 37.0 Å². The highest BCUT2D eigenvalue weighted by molar-refractivity contribution is 5.82. The van der Waals surface area contributed by atoms with Crippen molar-refractivity contribution in [1.82, 2.24) is 10.2 Å². The molecule has 3 aliphatic rings. The zero-order valence-corrected chi connectivity index (χ0v) is 9.95. The minimum atomic E-state index is 0.417. The van der Waals surface area contributed by atoms with Crippen molar-refractivity contribution in [3.8, 4) is 0 Å². The molecule has 2 aliphatic carbocycles. The van der Waals surface area contributed by atoms with Gasteiger partial charge in [-0.2, -0.15) is 0 Å². The van der Waals surface area contributed by atoms with E-state index in [1.807, 2.05) is 0 Å². The highest BCUT2D eigenvalue weighted by Gasteiger charge is 2.55. The second-order valence-corrected chi connectivity index (χ2v) is 5.57. The van der Waals surface area contributed by atoms with Gasteiger partial charge in [-0.05, 0) is 37.6 Å². The second kappa shape index (κ2) is 4.36. The van der Waals surface area contributed by atoms with Crippen LogP contribution < -0.4 is 5.32 Å². The molecular weight excluding hydrogens is 200 g/mol. The first kappa shape index (κ1) is 10.6. The van der Waals surface area contributed by atoms with Gasteiger partial charge in [0.05, 0.1) is 0 Å². The lowest BCUT2D eigenvalue weighted by molar-refractivity contribution is -0.133. The molecule has 1 N–H and O–H groups in total. The summed E-state index contributed by atoms with van der Waals surface area (Å²) in [4.78, 5) is 14.5. The van der Waals surface area contributed by atoms with Gasteiger partial charge in [0, 0.05) is 25.6 Å². The molecule has 2 atom stereocenters. The van der Waals surface area contributed by atoms with Crippen LogP contribution in [0.3, 0.4) is 0 Å². The summed E-state index contributed by atoms with van der Waals surface area (Å²) in [7, 11) is 0. The molecule has 0 radical (unpaired) electrons. The maximum atomic E-state index is 12.4. The fourth-order valence-electron chi connectivity index (χ4n) is 3.64. The van der Waals surface area contributed by atoms with Crippen molar-refractivity contribution in [2.24, 2.45) is 17.8 Å². The summed E-state index contributed by atoms with van der Waals surface area (Å²) in [5, 5.41) is 3.36. The molecular formula is C13H22N2O. The number of hydrogen-bond acceptors (Lipinski definition) is 2. The van der Waals surface area contributed by atoms with Gasteiger partial charge in [-0.1, -0.05) is 12.8 Å². The average Bonchev–Trinajstić information content (AvgIpc) is 3.09. The third-order valence-corrected chi connectivity index (χ3v) is 4.59. The Hall–Kier alpha value is -0.570. The molecule has 0 bridgehead atoms. The van der Waals surface area contributed by atoms with E-state index in [2.05, 4.69) is 10.2 Å². The molecule has 1 aliphatic heterocycles. The maximum Gasteiger partial charge on any atom is 0.226 e. The fourth-order valence-corrected chi connectivity index (χ4v) is 3.64. The summed E-state index contributed by atoms with van der Waals surface area (Å²) in [6.45, 7) is 3.95. The number of fused-ring (bicyclic) bond motifs is 1. The van der Waals surface area contributed by atoms with Crippen LogP contribution in [0.15, 0.2) is 0 Å². The molecule has 2 saturated carbocycles. The first-order valence-electron chi connectivity index (χ1n) is 6.87. The van der Waals surface area contributed by atoms with Crippen LogP contribution in [0.4, 0.5) is 0 Å². The number of carbonyl (C=O) groups is 1. The van der Waals surface area contributed by atoms with Crippen molar-refractivity contribution in [2.45, 2.75) is 32.1 Å². The van der Waals surface area contributed by atoms with Gasteiger partial charge in [0.2, 0.25) is 5.91 Å².